The Morgan fingerprint density at radius 1 is 1.15 bits per heavy atom. The summed E-state index contributed by atoms with van der Waals surface area (Å²) < 4.78 is 11.5. The van der Waals surface area contributed by atoms with E-state index in [2.05, 4.69) is 10.2 Å². The highest BCUT2D eigenvalue weighted by Crippen LogP contribution is 2.46. The van der Waals surface area contributed by atoms with Crippen molar-refractivity contribution >= 4 is 17.5 Å². The molecule has 174 valence electrons. The normalized spacial score (nSPS) is 15.1. The highest BCUT2D eigenvalue weighted by Gasteiger charge is 2.42. The Bertz CT molecular complexity index is 1190. The maximum Gasteiger partial charge on any atom is 0.273 e. The predicted octanol–water partition coefficient (Wildman–Crippen LogP) is 4.08. The van der Waals surface area contributed by atoms with Crippen LogP contribution in [-0.4, -0.2) is 57.6 Å². The van der Waals surface area contributed by atoms with Gasteiger partial charge in [0.1, 0.15) is 17.1 Å². The number of amides is 1. The summed E-state index contributed by atoms with van der Waals surface area (Å²) in [6.07, 6.45) is 0. The third-order valence-corrected chi connectivity index (χ3v) is 6.03. The number of fused-ring (bicyclic) bond motifs is 1. The van der Waals surface area contributed by atoms with Crippen LogP contribution in [0, 0.1) is 6.92 Å². The fourth-order valence-corrected chi connectivity index (χ4v) is 4.34. The average Bonchev–Trinajstić information content (AvgIpc) is 3.32. The number of halogens is 1. The lowest BCUT2D eigenvalue weighted by atomic mass is 9.95. The number of phenolic OH excluding ortho intramolecular Hbond substituents is 1. The zero-order valence-corrected chi connectivity index (χ0v) is 19.4. The summed E-state index contributed by atoms with van der Waals surface area (Å²) in [4.78, 5) is 14.8. The van der Waals surface area contributed by atoms with Gasteiger partial charge in [0.25, 0.3) is 5.91 Å². The predicted molar refractivity (Wildman–Crippen MR) is 124 cm³/mol. The summed E-state index contributed by atoms with van der Waals surface area (Å²) in [5.41, 5.74) is 3.26. The highest BCUT2D eigenvalue weighted by atomic mass is 35.5. The topological polar surface area (TPSA) is 108 Å². The van der Waals surface area contributed by atoms with Gasteiger partial charge >= 0.3 is 0 Å². The van der Waals surface area contributed by atoms with E-state index in [4.69, 9.17) is 21.1 Å². The molecule has 0 unspecified atom stereocenters. The lowest BCUT2D eigenvalue weighted by molar-refractivity contribution is 0.0706. The molecule has 1 aliphatic rings. The number of rotatable bonds is 8. The van der Waals surface area contributed by atoms with Crippen LogP contribution in [-0.2, 0) is 0 Å². The van der Waals surface area contributed by atoms with E-state index in [1.165, 1.54) is 0 Å². The summed E-state index contributed by atoms with van der Waals surface area (Å²) in [5.74, 6) is 0.900. The van der Waals surface area contributed by atoms with Crippen molar-refractivity contribution in [1.29, 1.82) is 0 Å². The van der Waals surface area contributed by atoms with Crippen LogP contribution in [0.3, 0.4) is 0 Å². The van der Waals surface area contributed by atoms with E-state index in [1.807, 2.05) is 32.0 Å². The molecular formula is C24H26ClN3O5. The van der Waals surface area contributed by atoms with Crippen molar-refractivity contribution in [3.8, 4) is 28.5 Å². The number of aromatic nitrogens is 2. The second-order valence-corrected chi connectivity index (χ2v) is 8.08. The van der Waals surface area contributed by atoms with Crippen molar-refractivity contribution < 1.29 is 24.5 Å². The van der Waals surface area contributed by atoms with Gasteiger partial charge in [-0.05, 0) is 56.2 Å². The van der Waals surface area contributed by atoms with Crippen molar-refractivity contribution in [1.82, 2.24) is 15.1 Å². The van der Waals surface area contributed by atoms with Gasteiger partial charge in [-0.2, -0.15) is 5.10 Å². The van der Waals surface area contributed by atoms with Gasteiger partial charge in [0, 0.05) is 22.7 Å². The second-order valence-electron chi connectivity index (χ2n) is 7.68. The lowest BCUT2D eigenvalue weighted by Crippen LogP contribution is -2.32. The average molecular weight is 472 g/mol. The fraction of sp³-hybridized carbons (Fsp3) is 0.333. The molecule has 0 spiro atoms. The third kappa shape index (κ3) is 4.00. The quantitative estimate of drug-likeness (QED) is 0.457. The molecule has 1 aromatic heterocycles. The van der Waals surface area contributed by atoms with Gasteiger partial charge in [-0.3, -0.25) is 9.89 Å². The number of hydrogen-bond donors (Lipinski definition) is 3. The first-order valence-electron chi connectivity index (χ1n) is 10.8. The number of aryl methyl sites for hydroxylation is 1. The molecule has 1 amide bonds. The summed E-state index contributed by atoms with van der Waals surface area (Å²) in [6, 6.07) is 8.17. The van der Waals surface area contributed by atoms with E-state index in [-0.39, 0.29) is 24.8 Å². The highest BCUT2D eigenvalue weighted by molar-refractivity contribution is 6.31. The van der Waals surface area contributed by atoms with Crippen molar-refractivity contribution in [3.05, 3.63) is 57.7 Å². The summed E-state index contributed by atoms with van der Waals surface area (Å²) >= 11 is 6.33. The largest absolute Gasteiger partial charge is 0.507 e. The van der Waals surface area contributed by atoms with Crippen LogP contribution >= 0.6 is 11.6 Å². The summed E-state index contributed by atoms with van der Waals surface area (Å²) in [6.45, 7) is 6.44. The minimum atomic E-state index is -0.553. The Morgan fingerprint density at radius 3 is 2.58 bits per heavy atom. The SMILES string of the molecule is CCOc1ccc([C@@H]2c3c(-c4cc(Cl)c(C)cc4O)n[nH]c3C(=O)N2CCO)cc1OCC. The molecule has 3 aromatic rings. The van der Waals surface area contributed by atoms with Crippen LogP contribution in [0.5, 0.6) is 17.2 Å². The number of H-pyrrole nitrogens is 1. The molecule has 4 rings (SSSR count). The van der Waals surface area contributed by atoms with Gasteiger partial charge in [-0.25, -0.2) is 0 Å². The maximum absolute atomic E-state index is 13.2. The molecule has 0 fully saturated rings. The van der Waals surface area contributed by atoms with Gasteiger partial charge in [0.05, 0.1) is 25.9 Å². The van der Waals surface area contributed by atoms with E-state index in [0.29, 0.717) is 52.3 Å². The zero-order valence-electron chi connectivity index (χ0n) is 18.7. The van der Waals surface area contributed by atoms with E-state index in [1.54, 1.807) is 24.0 Å². The Balaban J connectivity index is 1.90. The number of β-amino-alcohol motifs (C(OH)–C–C–N with tert-alkyl or cyclic N) is 1. The Morgan fingerprint density at radius 2 is 1.88 bits per heavy atom. The van der Waals surface area contributed by atoms with E-state index >= 15 is 0 Å². The van der Waals surface area contributed by atoms with E-state index < -0.39 is 6.04 Å². The first-order chi connectivity index (χ1) is 15.9. The number of ether oxygens (including phenoxy) is 2. The van der Waals surface area contributed by atoms with Gasteiger partial charge in [0.15, 0.2) is 11.5 Å². The van der Waals surface area contributed by atoms with Crippen LogP contribution in [0.2, 0.25) is 5.02 Å². The van der Waals surface area contributed by atoms with Crippen molar-refractivity contribution in [3.63, 3.8) is 0 Å². The Labute approximate surface area is 196 Å². The maximum atomic E-state index is 13.2. The van der Waals surface area contributed by atoms with Crippen molar-refractivity contribution in [2.45, 2.75) is 26.8 Å². The molecule has 33 heavy (non-hydrogen) atoms. The molecule has 2 heterocycles. The molecule has 0 saturated heterocycles. The molecule has 1 aliphatic heterocycles. The van der Waals surface area contributed by atoms with Crippen LogP contribution in [0.15, 0.2) is 30.3 Å². The van der Waals surface area contributed by atoms with Crippen LogP contribution in [0.25, 0.3) is 11.3 Å². The number of nitrogens with one attached hydrogen (secondary N) is 1. The number of phenols is 1. The molecule has 0 radical (unpaired) electrons. The standard InChI is InChI=1S/C24H26ClN3O5/c1-4-32-18-7-6-14(11-19(18)33-5-2)23-20-21(15-12-16(25)13(3)10-17(15)30)26-27-22(20)24(31)28(23)8-9-29/h6-7,10-12,23,29-30H,4-5,8-9H2,1-3H3,(H,26,27)/t23-/m1/s1. The smallest absolute Gasteiger partial charge is 0.273 e. The molecule has 0 aliphatic carbocycles. The van der Waals surface area contributed by atoms with Gasteiger partial charge in [-0.15, -0.1) is 0 Å². The molecule has 0 saturated carbocycles. The number of aliphatic hydroxyl groups is 1. The Hall–Kier alpha value is -3.23. The first kappa shape index (κ1) is 22.9. The van der Waals surface area contributed by atoms with E-state index in [9.17, 15) is 15.0 Å². The number of aliphatic hydroxyl groups excluding tert-OH is 1. The molecule has 8 nitrogen and oxygen atoms in total. The van der Waals surface area contributed by atoms with Gasteiger partial charge < -0.3 is 24.6 Å². The number of hydrogen-bond acceptors (Lipinski definition) is 6. The monoisotopic (exact) mass is 471 g/mol. The number of carbonyl (C=O) groups is 1. The summed E-state index contributed by atoms with van der Waals surface area (Å²) in [7, 11) is 0. The van der Waals surface area contributed by atoms with Crippen LogP contribution in [0.1, 0.15) is 47.1 Å². The summed E-state index contributed by atoms with van der Waals surface area (Å²) in [5, 5.41) is 27.9. The lowest BCUT2D eigenvalue weighted by Gasteiger charge is -2.26. The molecule has 2 aromatic carbocycles. The third-order valence-electron chi connectivity index (χ3n) is 5.62. The number of carbonyl (C=O) groups excluding carboxylic acids is 1. The molecule has 3 N–H and O–H groups in total. The zero-order chi connectivity index (χ0) is 23.7. The number of benzene rings is 2. The van der Waals surface area contributed by atoms with Crippen LogP contribution < -0.4 is 9.47 Å². The molecule has 9 heteroatoms. The molecule has 0 bridgehead atoms. The second kappa shape index (κ2) is 9.33. The number of aromatic hydroxyl groups is 1. The minimum absolute atomic E-state index is 0.0136. The Kier molecular flexibility index (Phi) is 6.49. The van der Waals surface area contributed by atoms with Crippen molar-refractivity contribution in [2.24, 2.45) is 0 Å². The minimum Gasteiger partial charge on any atom is -0.507 e. The number of nitrogens with zero attached hydrogens (tertiary/aromatic N) is 2. The van der Waals surface area contributed by atoms with Gasteiger partial charge in [0.2, 0.25) is 0 Å². The fourth-order valence-electron chi connectivity index (χ4n) is 4.18. The van der Waals surface area contributed by atoms with Gasteiger partial charge in [-0.1, -0.05) is 17.7 Å². The van der Waals surface area contributed by atoms with Crippen LogP contribution in [0.4, 0.5) is 0 Å². The van der Waals surface area contributed by atoms with E-state index in [0.717, 1.165) is 11.1 Å². The number of aromatic amines is 1. The molecule has 1 atom stereocenters. The molecular weight excluding hydrogens is 446 g/mol. The first-order valence-corrected chi connectivity index (χ1v) is 11.2. The van der Waals surface area contributed by atoms with Crippen molar-refractivity contribution in [2.75, 3.05) is 26.4 Å².